The third-order valence-corrected chi connectivity index (χ3v) is 11.4. The number of nitrogens with zero attached hydrogens (tertiary/aromatic N) is 4. The fraction of sp³-hybridized carbons (Fsp3) is 0.410. The van der Waals surface area contributed by atoms with Crippen molar-refractivity contribution < 1.29 is 19.7 Å². The van der Waals surface area contributed by atoms with Crippen LogP contribution in [0.4, 0.5) is 5.82 Å². The van der Waals surface area contributed by atoms with Gasteiger partial charge in [-0.15, -0.1) is 11.6 Å². The van der Waals surface area contributed by atoms with Crippen molar-refractivity contribution in [2.24, 2.45) is 5.92 Å². The van der Waals surface area contributed by atoms with E-state index in [0.717, 1.165) is 60.2 Å². The van der Waals surface area contributed by atoms with E-state index in [1.165, 1.54) is 0 Å². The Morgan fingerprint density at radius 1 is 1.14 bits per heavy atom. The Bertz CT molecular complexity index is 1820. The molecule has 4 aliphatic rings. The van der Waals surface area contributed by atoms with E-state index in [1.807, 2.05) is 79.7 Å². The molecule has 0 saturated carbocycles. The van der Waals surface area contributed by atoms with Crippen LogP contribution in [-0.4, -0.2) is 80.3 Å². The number of allylic oxidation sites excluding steroid dienone is 2. The van der Waals surface area contributed by atoms with Gasteiger partial charge in [-0.2, -0.15) is 5.26 Å². The predicted molar refractivity (Wildman–Crippen MR) is 189 cm³/mol. The highest BCUT2D eigenvalue weighted by Crippen LogP contribution is 2.47. The first-order valence-corrected chi connectivity index (χ1v) is 17.5. The van der Waals surface area contributed by atoms with Gasteiger partial charge in [0.2, 0.25) is 0 Å². The minimum absolute atomic E-state index is 0.0988. The normalized spacial score (nSPS) is 28.2. The molecule has 2 aliphatic heterocycles. The van der Waals surface area contributed by atoms with E-state index in [0.29, 0.717) is 43.2 Å². The van der Waals surface area contributed by atoms with Gasteiger partial charge in [-0.25, -0.2) is 4.98 Å². The van der Waals surface area contributed by atoms with E-state index in [4.69, 9.17) is 16.3 Å². The topological polar surface area (TPSA) is 122 Å². The smallest absolute Gasteiger partial charge is 0.307 e. The number of nitrogens with one attached hydrogen (secondary N) is 1. The van der Waals surface area contributed by atoms with Gasteiger partial charge in [0.15, 0.2) is 0 Å². The van der Waals surface area contributed by atoms with Crippen molar-refractivity contribution >= 4 is 29.0 Å². The first-order chi connectivity index (χ1) is 23.7. The van der Waals surface area contributed by atoms with Crippen LogP contribution in [0.5, 0.6) is 5.75 Å². The lowest BCUT2D eigenvalue weighted by Crippen LogP contribution is -2.58. The molecule has 10 heteroatoms. The summed E-state index contributed by atoms with van der Waals surface area (Å²) in [6.45, 7) is 5.57. The van der Waals surface area contributed by atoms with E-state index in [2.05, 4.69) is 26.2 Å². The number of hydrogen-bond acceptors (Lipinski definition) is 8. The number of likely N-dealkylation sites (tertiary alicyclic amines) is 2. The number of aliphatic hydroxyl groups is 1. The van der Waals surface area contributed by atoms with Gasteiger partial charge in [-0.05, 0) is 85.2 Å². The number of aliphatic carboxylic acids is 1. The van der Waals surface area contributed by atoms with Crippen LogP contribution in [0.25, 0.3) is 5.57 Å². The number of nitriles is 1. The van der Waals surface area contributed by atoms with Gasteiger partial charge in [0.1, 0.15) is 29.8 Å². The minimum atomic E-state index is -0.995. The van der Waals surface area contributed by atoms with Crippen LogP contribution >= 0.6 is 11.6 Å². The van der Waals surface area contributed by atoms with E-state index in [-0.39, 0.29) is 24.7 Å². The number of pyridine rings is 1. The summed E-state index contributed by atoms with van der Waals surface area (Å²) in [5.41, 5.74) is 4.61. The molecule has 2 fully saturated rings. The molecule has 4 unspecified atom stereocenters. The highest BCUT2D eigenvalue weighted by Gasteiger charge is 2.51. The van der Waals surface area contributed by atoms with E-state index in [1.54, 1.807) is 6.20 Å². The number of β-amino-alcohol motifs (C(OH)–C–C–N with tert-alkyl or cyclic N) is 1. The largest absolute Gasteiger partial charge is 0.489 e. The number of anilines is 1. The van der Waals surface area contributed by atoms with Gasteiger partial charge in [0.25, 0.3) is 0 Å². The van der Waals surface area contributed by atoms with Crippen LogP contribution in [0, 0.1) is 17.2 Å². The van der Waals surface area contributed by atoms with Crippen LogP contribution in [0.2, 0.25) is 0 Å². The van der Waals surface area contributed by atoms with Crippen molar-refractivity contribution in [3.05, 3.63) is 107 Å². The highest BCUT2D eigenvalue weighted by molar-refractivity contribution is 6.32. The summed E-state index contributed by atoms with van der Waals surface area (Å²) >= 11 is 7.66. The zero-order chi connectivity index (χ0) is 34.2. The molecule has 3 N–H and O–H groups in total. The Morgan fingerprint density at radius 2 is 1.98 bits per heavy atom. The van der Waals surface area contributed by atoms with Crippen molar-refractivity contribution in [3.63, 3.8) is 0 Å². The molecule has 49 heavy (non-hydrogen) atoms. The molecule has 0 radical (unpaired) electrons. The van der Waals surface area contributed by atoms with Gasteiger partial charge in [-0.1, -0.05) is 54.6 Å². The second kappa shape index (κ2) is 13.6. The standard InChI is InChI=1S/C39H42ClN5O4/c1-38(40)33(27-6-3-2-4-7-27)8-5-16-39(38,43-36-20-26(13-17-42-36)22-44-18-15-29(46)24-44)25-49-35-12-10-31-30(32(35)21-41)9-11-34(31)45-19-14-28(23-45)37(47)48/h2-8,10,12-13,16-17,20,28-29,34,46H,9,11,14-15,18-19,22-25H2,1H3,(H,42,43)(H,47,48)/t28?,29?,34-,38?,39?/m1/s1. The molecule has 7 rings (SSSR count). The van der Waals surface area contributed by atoms with E-state index >= 15 is 0 Å². The molecule has 3 heterocycles. The Labute approximate surface area is 292 Å². The molecule has 9 nitrogen and oxygen atoms in total. The van der Waals surface area contributed by atoms with Gasteiger partial charge in [0, 0.05) is 38.4 Å². The third-order valence-electron chi connectivity index (χ3n) is 10.8. The Hall–Kier alpha value is -4.20. The molecule has 0 bridgehead atoms. The van der Waals surface area contributed by atoms with Crippen LogP contribution in [0.15, 0.2) is 79.0 Å². The molecule has 0 spiro atoms. The summed E-state index contributed by atoms with van der Waals surface area (Å²) in [6, 6.07) is 20.5. The quantitative estimate of drug-likeness (QED) is 0.229. The predicted octanol–water partition coefficient (Wildman–Crippen LogP) is 5.79. The summed E-state index contributed by atoms with van der Waals surface area (Å²) in [4.78, 5) is 19.8. The molecular weight excluding hydrogens is 638 g/mol. The number of aliphatic hydroxyl groups excluding tert-OH is 1. The molecule has 254 valence electrons. The Kier molecular flexibility index (Phi) is 9.25. The summed E-state index contributed by atoms with van der Waals surface area (Å²) < 4.78 is 6.64. The third kappa shape index (κ3) is 6.47. The van der Waals surface area contributed by atoms with Gasteiger partial charge in [-0.3, -0.25) is 14.6 Å². The summed E-state index contributed by atoms with van der Waals surface area (Å²) in [7, 11) is 0. The van der Waals surface area contributed by atoms with Crippen molar-refractivity contribution in [2.45, 2.75) is 61.7 Å². The van der Waals surface area contributed by atoms with Gasteiger partial charge in [0.05, 0.1) is 22.5 Å². The number of fused-ring (bicyclic) bond motifs is 1. The fourth-order valence-corrected chi connectivity index (χ4v) is 8.39. The lowest BCUT2D eigenvalue weighted by atomic mass is 9.74. The van der Waals surface area contributed by atoms with E-state index < -0.39 is 16.4 Å². The number of alkyl halides is 1. The zero-order valence-electron chi connectivity index (χ0n) is 27.7. The number of rotatable bonds is 10. The summed E-state index contributed by atoms with van der Waals surface area (Å²) in [6.07, 6.45) is 10.6. The number of halogens is 1. The first-order valence-electron chi connectivity index (χ1n) is 17.1. The average Bonchev–Trinajstić information content (AvgIpc) is 3.85. The molecule has 2 saturated heterocycles. The molecule has 2 aromatic carbocycles. The van der Waals surface area contributed by atoms with Crippen molar-refractivity contribution in [3.8, 4) is 11.8 Å². The number of hydrogen-bond donors (Lipinski definition) is 3. The van der Waals surface area contributed by atoms with Crippen LogP contribution < -0.4 is 10.1 Å². The Morgan fingerprint density at radius 3 is 2.71 bits per heavy atom. The summed E-state index contributed by atoms with van der Waals surface area (Å²) in [5, 5.41) is 33.7. The second-order valence-corrected chi connectivity index (χ2v) is 14.7. The molecule has 5 atom stereocenters. The lowest BCUT2D eigenvalue weighted by molar-refractivity contribution is -0.141. The van der Waals surface area contributed by atoms with Crippen molar-refractivity contribution in [1.82, 2.24) is 14.8 Å². The molecule has 0 amide bonds. The molecular formula is C39H42ClN5O4. The maximum absolute atomic E-state index is 11.6. The highest BCUT2D eigenvalue weighted by atomic mass is 35.5. The van der Waals surface area contributed by atoms with E-state index in [9.17, 15) is 20.3 Å². The average molecular weight is 680 g/mol. The number of carboxylic acids is 1. The van der Waals surface area contributed by atoms with Crippen molar-refractivity contribution in [2.75, 3.05) is 38.1 Å². The second-order valence-electron chi connectivity index (χ2n) is 13.9. The molecule has 3 aromatic rings. The maximum atomic E-state index is 11.6. The van der Waals surface area contributed by atoms with Crippen LogP contribution in [0.3, 0.4) is 0 Å². The number of ether oxygens (including phenoxy) is 1. The number of aromatic nitrogens is 1. The SMILES string of the molecule is CC1(Cl)C(c2ccccc2)=CC=CC1(COc1ccc2c(c1C#N)CC[C@H]2N1CCC(C(=O)O)C1)Nc1cc(CN2CCC(O)C2)ccn1. The summed E-state index contributed by atoms with van der Waals surface area (Å²) in [5.74, 6) is 0.0527. The minimum Gasteiger partial charge on any atom is -0.489 e. The number of carbonyl (C=O) groups is 1. The van der Waals surface area contributed by atoms with Gasteiger partial charge >= 0.3 is 5.97 Å². The number of benzene rings is 2. The zero-order valence-corrected chi connectivity index (χ0v) is 28.4. The molecule has 2 aliphatic carbocycles. The fourth-order valence-electron chi connectivity index (χ4n) is 8.06. The lowest BCUT2D eigenvalue weighted by Gasteiger charge is -2.46. The van der Waals surface area contributed by atoms with Crippen LogP contribution in [-0.2, 0) is 17.8 Å². The molecule has 1 aromatic heterocycles. The Balaban J connectivity index is 1.18. The van der Waals surface area contributed by atoms with Crippen LogP contribution in [0.1, 0.15) is 60.0 Å². The first kappa shape index (κ1) is 33.3. The number of carboxylic acid groups (broad SMARTS) is 1. The van der Waals surface area contributed by atoms with Crippen molar-refractivity contribution in [1.29, 1.82) is 5.26 Å². The van der Waals surface area contributed by atoms with Gasteiger partial charge < -0.3 is 20.3 Å². The maximum Gasteiger partial charge on any atom is 0.307 e. The monoisotopic (exact) mass is 679 g/mol.